The average molecular weight is 449 g/mol. The van der Waals surface area contributed by atoms with Crippen LogP contribution in [0.5, 0.6) is 0 Å². The summed E-state index contributed by atoms with van der Waals surface area (Å²) in [5, 5.41) is 11.0. The first-order valence-electron chi connectivity index (χ1n) is 10.1. The van der Waals surface area contributed by atoms with Crippen molar-refractivity contribution in [1.82, 2.24) is 4.31 Å². The first-order chi connectivity index (χ1) is 14.6. The molecular formula is C22H28N2O6S. The average Bonchev–Trinajstić information content (AvgIpc) is 2.73. The highest BCUT2D eigenvalue weighted by Gasteiger charge is 2.40. The fourth-order valence-corrected chi connectivity index (χ4v) is 4.95. The number of sulfonamides is 1. The molecule has 0 bridgehead atoms. The van der Waals surface area contributed by atoms with Crippen LogP contribution in [0.2, 0.25) is 0 Å². The van der Waals surface area contributed by atoms with Crippen molar-refractivity contribution in [3.63, 3.8) is 0 Å². The summed E-state index contributed by atoms with van der Waals surface area (Å²) in [6.07, 6.45) is 0.559. The van der Waals surface area contributed by atoms with Crippen molar-refractivity contribution >= 4 is 21.7 Å². The number of nitro benzene ring substituents is 1. The van der Waals surface area contributed by atoms with Crippen molar-refractivity contribution in [3.8, 4) is 0 Å². The Morgan fingerprint density at radius 1 is 1.16 bits per heavy atom. The molecule has 0 aliphatic heterocycles. The standard InChI is InChI=1S/C22H28N2O6S/c1-5-17(4)21(22(25)30-6-2)23(15-18-9-7-8-16(3)14-18)31(28,29)20-12-10-19(11-13-20)24(26)27/h7-14,17,21H,5-6,15H2,1-4H3/t17-,21+/m1/s1. The van der Waals surface area contributed by atoms with Crippen LogP contribution in [0.4, 0.5) is 5.69 Å². The molecule has 0 aliphatic rings. The smallest absolute Gasteiger partial charge is 0.324 e. The van der Waals surface area contributed by atoms with E-state index in [1.807, 2.05) is 32.0 Å². The molecule has 8 nitrogen and oxygen atoms in total. The molecule has 2 atom stereocenters. The Hall–Kier alpha value is -2.78. The third kappa shape index (κ3) is 5.89. The van der Waals surface area contributed by atoms with E-state index in [9.17, 15) is 23.3 Å². The predicted molar refractivity (Wildman–Crippen MR) is 117 cm³/mol. The molecule has 0 aromatic heterocycles. The van der Waals surface area contributed by atoms with E-state index < -0.39 is 27.0 Å². The number of nitrogens with zero attached hydrogens (tertiary/aromatic N) is 2. The lowest BCUT2D eigenvalue weighted by molar-refractivity contribution is -0.384. The Morgan fingerprint density at radius 2 is 1.81 bits per heavy atom. The van der Waals surface area contributed by atoms with Crippen molar-refractivity contribution in [3.05, 3.63) is 69.8 Å². The lowest BCUT2D eigenvalue weighted by atomic mass is 9.98. The first kappa shape index (κ1) is 24.5. The Kier molecular flexibility index (Phi) is 8.29. The largest absolute Gasteiger partial charge is 0.465 e. The van der Waals surface area contributed by atoms with E-state index in [1.54, 1.807) is 19.9 Å². The molecule has 0 saturated carbocycles. The van der Waals surface area contributed by atoms with E-state index in [1.165, 1.54) is 12.1 Å². The van der Waals surface area contributed by atoms with Crippen molar-refractivity contribution in [1.29, 1.82) is 0 Å². The van der Waals surface area contributed by atoms with Gasteiger partial charge < -0.3 is 4.74 Å². The lowest BCUT2D eigenvalue weighted by Gasteiger charge is -2.33. The molecule has 168 valence electrons. The highest BCUT2D eigenvalue weighted by Crippen LogP contribution is 2.28. The van der Waals surface area contributed by atoms with Gasteiger partial charge in [0.25, 0.3) is 5.69 Å². The normalized spacial score (nSPS) is 13.6. The second kappa shape index (κ2) is 10.5. The van der Waals surface area contributed by atoms with E-state index in [-0.39, 0.29) is 29.7 Å². The Morgan fingerprint density at radius 3 is 2.32 bits per heavy atom. The second-order valence-electron chi connectivity index (χ2n) is 7.37. The van der Waals surface area contributed by atoms with Gasteiger partial charge in [-0.15, -0.1) is 0 Å². The van der Waals surface area contributed by atoms with Crippen LogP contribution in [0.1, 0.15) is 38.3 Å². The van der Waals surface area contributed by atoms with Crippen molar-refractivity contribution in [2.45, 2.75) is 51.6 Å². The maximum Gasteiger partial charge on any atom is 0.324 e. The van der Waals surface area contributed by atoms with Crippen LogP contribution in [0, 0.1) is 23.0 Å². The molecule has 2 aromatic carbocycles. The highest BCUT2D eigenvalue weighted by atomic mass is 32.2. The van der Waals surface area contributed by atoms with Gasteiger partial charge in [-0.05, 0) is 37.5 Å². The summed E-state index contributed by atoms with van der Waals surface area (Å²) in [4.78, 5) is 23.1. The summed E-state index contributed by atoms with van der Waals surface area (Å²) in [5.74, 6) is -0.924. The van der Waals surface area contributed by atoms with Crippen LogP contribution in [0.15, 0.2) is 53.4 Å². The van der Waals surface area contributed by atoms with E-state index in [2.05, 4.69) is 0 Å². The number of hydrogen-bond acceptors (Lipinski definition) is 6. The summed E-state index contributed by atoms with van der Waals surface area (Å²) >= 11 is 0. The molecule has 0 aliphatic carbocycles. The van der Waals surface area contributed by atoms with Crippen LogP contribution < -0.4 is 0 Å². The zero-order valence-corrected chi connectivity index (χ0v) is 19.0. The molecule has 2 aromatic rings. The number of benzene rings is 2. The number of nitro groups is 1. The van der Waals surface area contributed by atoms with Gasteiger partial charge in [-0.3, -0.25) is 14.9 Å². The number of non-ortho nitro benzene ring substituents is 1. The fourth-order valence-electron chi connectivity index (χ4n) is 3.28. The van der Waals surface area contributed by atoms with Gasteiger partial charge in [-0.2, -0.15) is 4.31 Å². The molecule has 0 amide bonds. The number of carbonyl (C=O) groups excluding carboxylic acids is 1. The minimum atomic E-state index is -4.16. The van der Waals surface area contributed by atoms with Gasteiger partial charge in [0.05, 0.1) is 16.4 Å². The number of ether oxygens (including phenoxy) is 1. The third-order valence-electron chi connectivity index (χ3n) is 5.10. The summed E-state index contributed by atoms with van der Waals surface area (Å²) < 4.78 is 33.6. The van der Waals surface area contributed by atoms with E-state index in [4.69, 9.17) is 4.74 Å². The van der Waals surface area contributed by atoms with Gasteiger partial charge >= 0.3 is 5.97 Å². The zero-order valence-electron chi connectivity index (χ0n) is 18.1. The molecule has 0 heterocycles. The maximum absolute atomic E-state index is 13.6. The van der Waals surface area contributed by atoms with Crippen LogP contribution >= 0.6 is 0 Å². The van der Waals surface area contributed by atoms with Crippen LogP contribution in [0.3, 0.4) is 0 Å². The molecule has 2 rings (SSSR count). The van der Waals surface area contributed by atoms with E-state index >= 15 is 0 Å². The highest BCUT2D eigenvalue weighted by molar-refractivity contribution is 7.89. The molecule has 0 saturated heterocycles. The number of carbonyl (C=O) groups is 1. The molecule has 0 spiro atoms. The van der Waals surface area contributed by atoms with Crippen LogP contribution in [-0.4, -0.2) is 36.3 Å². The number of rotatable bonds is 10. The third-order valence-corrected chi connectivity index (χ3v) is 6.94. The van der Waals surface area contributed by atoms with Crippen LogP contribution in [0.25, 0.3) is 0 Å². The summed E-state index contributed by atoms with van der Waals surface area (Å²) in [7, 11) is -4.16. The van der Waals surface area contributed by atoms with Gasteiger partial charge in [-0.25, -0.2) is 8.42 Å². The Labute approximate surface area is 183 Å². The number of hydrogen-bond donors (Lipinski definition) is 0. The minimum absolute atomic E-state index is 0.0329. The summed E-state index contributed by atoms with van der Waals surface area (Å²) in [5.41, 5.74) is 1.47. The van der Waals surface area contributed by atoms with Gasteiger partial charge in [0.2, 0.25) is 10.0 Å². The first-order valence-corrected chi connectivity index (χ1v) is 11.5. The second-order valence-corrected chi connectivity index (χ2v) is 9.26. The van der Waals surface area contributed by atoms with Crippen molar-refractivity contribution in [2.24, 2.45) is 5.92 Å². The number of esters is 1. The quantitative estimate of drug-likeness (QED) is 0.308. The minimum Gasteiger partial charge on any atom is -0.465 e. The van der Waals surface area contributed by atoms with Gasteiger partial charge in [0, 0.05) is 18.7 Å². The van der Waals surface area contributed by atoms with Gasteiger partial charge in [0.1, 0.15) is 6.04 Å². The van der Waals surface area contributed by atoms with E-state index in [0.717, 1.165) is 27.6 Å². The predicted octanol–water partition coefficient (Wildman–Crippen LogP) is 4.07. The molecule has 0 N–H and O–H groups in total. The van der Waals surface area contributed by atoms with E-state index in [0.29, 0.717) is 6.42 Å². The molecule has 9 heteroatoms. The maximum atomic E-state index is 13.6. The van der Waals surface area contributed by atoms with Crippen LogP contribution in [-0.2, 0) is 26.1 Å². The zero-order chi connectivity index (χ0) is 23.2. The molecule has 0 unspecified atom stereocenters. The Bertz CT molecular complexity index is 1020. The fraction of sp³-hybridized carbons (Fsp3) is 0.409. The van der Waals surface area contributed by atoms with Gasteiger partial charge in [-0.1, -0.05) is 50.1 Å². The summed E-state index contributed by atoms with van der Waals surface area (Å²) in [6, 6.07) is 11.0. The molecule has 0 radical (unpaired) electrons. The number of aryl methyl sites for hydroxylation is 1. The lowest BCUT2D eigenvalue weighted by Crippen LogP contribution is -2.48. The van der Waals surface area contributed by atoms with Gasteiger partial charge in [0.15, 0.2) is 0 Å². The molecule has 0 fully saturated rings. The monoisotopic (exact) mass is 448 g/mol. The van der Waals surface area contributed by atoms with Crippen molar-refractivity contribution < 1.29 is 22.9 Å². The van der Waals surface area contributed by atoms with Crippen molar-refractivity contribution in [2.75, 3.05) is 6.61 Å². The molecule has 31 heavy (non-hydrogen) atoms. The Balaban J connectivity index is 2.60. The summed E-state index contributed by atoms with van der Waals surface area (Å²) in [6.45, 7) is 7.34. The molecular weight excluding hydrogens is 420 g/mol. The topological polar surface area (TPSA) is 107 Å². The SMILES string of the molecule is CCOC(=O)[C@H]([C@H](C)CC)N(Cc1cccc(C)c1)S(=O)(=O)c1ccc([N+](=O)[O-])cc1.